The minimum Gasteiger partial charge on any atom is -0.495 e. The Kier molecular flexibility index (Phi) is 11.5. The van der Waals surface area contributed by atoms with E-state index in [9.17, 15) is 18.0 Å². The van der Waals surface area contributed by atoms with E-state index < -0.39 is 16.1 Å². The summed E-state index contributed by atoms with van der Waals surface area (Å²) in [6.45, 7) is 6.45. The molecule has 37 heavy (non-hydrogen) atoms. The molecule has 1 atom stereocenters. The van der Waals surface area contributed by atoms with Crippen molar-refractivity contribution < 1.29 is 22.7 Å². The smallest absolute Gasteiger partial charge is 0.242 e. The number of hydrogen-bond acceptors (Lipinski definition) is 5. The molecular formula is C26H35Cl2N3O5S. The van der Waals surface area contributed by atoms with Gasteiger partial charge in [-0.05, 0) is 55.2 Å². The van der Waals surface area contributed by atoms with E-state index in [4.69, 9.17) is 27.9 Å². The summed E-state index contributed by atoms with van der Waals surface area (Å²) in [5, 5.41) is 3.73. The fraction of sp³-hybridized carbons (Fsp3) is 0.462. The van der Waals surface area contributed by atoms with Crippen molar-refractivity contribution in [3.63, 3.8) is 0 Å². The number of sulfonamides is 1. The zero-order chi connectivity index (χ0) is 27.8. The molecule has 0 saturated carbocycles. The highest BCUT2D eigenvalue weighted by atomic mass is 35.5. The molecule has 0 radical (unpaired) electrons. The Morgan fingerprint density at radius 1 is 1.05 bits per heavy atom. The summed E-state index contributed by atoms with van der Waals surface area (Å²) < 4.78 is 31.3. The number of hydrogen-bond donors (Lipinski definition) is 1. The molecular weight excluding hydrogens is 537 g/mol. The van der Waals surface area contributed by atoms with Crippen LogP contribution in [0.3, 0.4) is 0 Å². The monoisotopic (exact) mass is 571 g/mol. The molecule has 0 unspecified atom stereocenters. The molecule has 11 heteroatoms. The summed E-state index contributed by atoms with van der Waals surface area (Å²) in [6.07, 6.45) is 1.39. The van der Waals surface area contributed by atoms with E-state index in [1.54, 1.807) is 43.3 Å². The lowest BCUT2D eigenvalue weighted by Gasteiger charge is -2.29. The van der Waals surface area contributed by atoms with Crippen molar-refractivity contribution >= 4 is 50.7 Å². The predicted octanol–water partition coefficient (Wildman–Crippen LogP) is 4.74. The maximum Gasteiger partial charge on any atom is 0.242 e. The standard InChI is InChI=1S/C26H35Cl2N3O5S/c1-18(2)16-29-26(33)19(3)30(17-20-8-10-21(27)11-9-20)25(32)7-6-14-31(37(5,34)35)22-12-13-24(36-4)23(28)15-22/h8-13,15,18-19H,6-7,14,16-17H2,1-5H3,(H,29,33)/t19-/m0/s1. The van der Waals surface area contributed by atoms with E-state index in [0.717, 1.165) is 11.8 Å². The SMILES string of the molecule is COc1ccc(N(CCCC(=O)N(Cc2ccc(Cl)cc2)[C@@H](C)C(=O)NCC(C)C)S(C)(=O)=O)cc1Cl. The molecule has 2 amide bonds. The molecule has 1 N–H and O–H groups in total. The first kappa shape index (κ1) is 30.7. The van der Waals surface area contributed by atoms with Gasteiger partial charge < -0.3 is 15.0 Å². The Bertz CT molecular complexity index is 1170. The zero-order valence-electron chi connectivity index (χ0n) is 21.8. The van der Waals surface area contributed by atoms with Crippen molar-refractivity contribution in [3.8, 4) is 5.75 Å². The van der Waals surface area contributed by atoms with E-state index >= 15 is 0 Å². The zero-order valence-corrected chi connectivity index (χ0v) is 24.2. The number of anilines is 1. The first-order chi connectivity index (χ1) is 17.3. The second-order valence-electron chi connectivity index (χ2n) is 9.22. The topological polar surface area (TPSA) is 96.0 Å². The Morgan fingerprint density at radius 3 is 2.24 bits per heavy atom. The minimum absolute atomic E-state index is 0.0469. The van der Waals surface area contributed by atoms with Gasteiger partial charge in [0.15, 0.2) is 0 Å². The minimum atomic E-state index is -3.64. The lowest BCUT2D eigenvalue weighted by atomic mass is 10.1. The van der Waals surface area contributed by atoms with Gasteiger partial charge in [0.2, 0.25) is 21.8 Å². The van der Waals surface area contributed by atoms with Gasteiger partial charge in [-0.15, -0.1) is 0 Å². The van der Waals surface area contributed by atoms with Crippen molar-refractivity contribution in [2.45, 2.75) is 46.2 Å². The quantitative estimate of drug-likeness (QED) is 0.374. The highest BCUT2D eigenvalue weighted by Gasteiger charge is 2.27. The van der Waals surface area contributed by atoms with Gasteiger partial charge in [-0.2, -0.15) is 0 Å². The highest BCUT2D eigenvalue weighted by molar-refractivity contribution is 7.92. The van der Waals surface area contributed by atoms with E-state index in [1.165, 1.54) is 22.4 Å². The lowest BCUT2D eigenvalue weighted by Crippen LogP contribution is -2.48. The van der Waals surface area contributed by atoms with Crippen LogP contribution in [-0.2, 0) is 26.2 Å². The molecule has 0 aliphatic carbocycles. The van der Waals surface area contributed by atoms with Gasteiger partial charge >= 0.3 is 0 Å². The van der Waals surface area contributed by atoms with Crippen molar-refractivity contribution in [3.05, 3.63) is 58.1 Å². The first-order valence-electron chi connectivity index (χ1n) is 12.0. The second-order valence-corrected chi connectivity index (χ2v) is 12.0. The molecule has 2 rings (SSSR count). The summed E-state index contributed by atoms with van der Waals surface area (Å²) >= 11 is 12.2. The van der Waals surface area contributed by atoms with Crippen LogP contribution >= 0.6 is 23.2 Å². The van der Waals surface area contributed by atoms with Crippen molar-refractivity contribution in [1.29, 1.82) is 0 Å². The van der Waals surface area contributed by atoms with Gasteiger partial charge in [-0.25, -0.2) is 8.42 Å². The second kappa shape index (κ2) is 13.9. The summed E-state index contributed by atoms with van der Waals surface area (Å²) in [4.78, 5) is 27.6. The van der Waals surface area contributed by atoms with Crippen molar-refractivity contribution in [2.75, 3.05) is 30.8 Å². The van der Waals surface area contributed by atoms with Crippen LogP contribution in [0.5, 0.6) is 5.75 Å². The predicted molar refractivity (Wildman–Crippen MR) is 149 cm³/mol. The number of benzene rings is 2. The number of ether oxygens (including phenoxy) is 1. The molecule has 0 spiro atoms. The molecule has 0 aliphatic rings. The number of carbonyl (C=O) groups excluding carboxylic acids is 2. The highest BCUT2D eigenvalue weighted by Crippen LogP contribution is 2.30. The number of carbonyl (C=O) groups is 2. The fourth-order valence-corrected chi connectivity index (χ4v) is 4.97. The first-order valence-corrected chi connectivity index (χ1v) is 14.6. The molecule has 0 saturated heterocycles. The van der Waals surface area contributed by atoms with Gasteiger partial charge in [-0.1, -0.05) is 49.2 Å². The summed E-state index contributed by atoms with van der Waals surface area (Å²) in [5.41, 5.74) is 1.20. The number of nitrogens with one attached hydrogen (secondary N) is 1. The molecule has 0 heterocycles. The van der Waals surface area contributed by atoms with Crippen LogP contribution in [0.15, 0.2) is 42.5 Å². The maximum atomic E-state index is 13.3. The lowest BCUT2D eigenvalue weighted by molar-refractivity contribution is -0.140. The number of halogens is 2. The van der Waals surface area contributed by atoms with Crippen LogP contribution in [0.1, 0.15) is 39.2 Å². The van der Waals surface area contributed by atoms with E-state index in [1.807, 2.05) is 13.8 Å². The Hall–Kier alpha value is -2.49. The van der Waals surface area contributed by atoms with Gasteiger partial charge in [0.1, 0.15) is 11.8 Å². The van der Waals surface area contributed by atoms with Crippen LogP contribution in [0.25, 0.3) is 0 Å². The normalized spacial score (nSPS) is 12.2. The number of amides is 2. The third-order valence-electron chi connectivity index (χ3n) is 5.69. The largest absolute Gasteiger partial charge is 0.495 e. The molecule has 0 aromatic heterocycles. The molecule has 204 valence electrons. The van der Waals surface area contributed by atoms with Crippen LogP contribution < -0.4 is 14.4 Å². The fourth-order valence-electron chi connectivity index (χ4n) is 3.64. The number of nitrogens with zero attached hydrogens (tertiary/aromatic N) is 2. The Morgan fingerprint density at radius 2 is 1.70 bits per heavy atom. The van der Waals surface area contributed by atoms with Crippen molar-refractivity contribution in [2.24, 2.45) is 5.92 Å². The van der Waals surface area contributed by atoms with Crippen LogP contribution in [0, 0.1) is 5.92 Å². The third-order valence-corrected chi connectivity index (χ3v) is 7.43. The molecule has 2 aromatic rings. The van der Waals surface area contributed by atoms with Gasteiger partial charge in [0, 0.05) is 31.1 Å². The summed E-state index contributed by atoms with van der Waals surface area (Å²) in [5.74, 6) is 0.187. The molecule has 8 nitrogen and oxygen atoms in total. The summed E-state index contributed by atoms with van der Waals surface area (Å²) in [6, 6.07) is 11.1. The number of rotatable bonds is 13. The van der Waals surface area contributed by atoms with Gasteiger partial charge in [-0.3, -0.25) is 13.9 Å². The Labute approximate surface area is 229 Å². The van der Waals surface area contributed by atoms with Gasteiger partial charge in [0.05, 0.1) is 24.1 Å². The van der Waals surface area contributed by atoms with Crippen LogP contribution in [0.2, 0.25) is 10.0 Å². The van der Waals surface area contributed by atoms with E-state index in [-0.39, 0.29) is 48.7 Å². The maximum absolute atomic E-state index is 13.3. The molecule has 0 bridgehead atoms. The van der Waals surface area contributed by atoms with Crippen LogP contribution in [-0.4, -0.2) is 57.6 Å². The van der Waals surface area contributed by atoms with Crippen LogP contribution in [0.4, 0.5) is 5.69 Å². The molecule has 0 aliphatic heterocycles. The third kappa shape index (κ3) is 9.39. The average molecular weight is 573 g/mol. The van der Waals surface area contributed by atoms with E-state index in [2.05, 4.69) is 5.32 Å². The molecule has 2 aromatic carbocycles. The Balaban J connectivity index is 2.17. The van der Waals surface area contributed by atoms with Crippen molar-refractivity contribution in [1.82, 2.24) is 10.2 Å². The molecule has 0 fully saturated rings. The number of methoxy groups -OCH3 is 1. The summed E-state index contributed by atoms with van der Waals surface area (Å²) in [7, 11) is -2.17. The van der Waals surface area contributed by atoms with E-state index in [0.29, 0.717) is 23.0 Å². The van der Waals surface area contributed by atoms with Gasteiger partial charge in [0.25, 0.3) is 0 Å². The average Bonchev–Trinajstić information content (AvgIpc) is 2.83.